The number of methoxy groups -OCH3 is 2. The Kier molecular flexibility index (Phi) is 7.36. The second kappa shape index (κ2) is 10.0. The van der Waals surface area contributed by atoms with Gasteiger partial charge in [-0.1, -0.05) is 23.3 Å². The molecule has 2 N–H and O–H groups in total. The molecule has 1 atom stereocenters. The fraction of sp³-hybridized carbons (Fsp3) is 0.370. The highest BCUT2D eigenvalue weighted by atomic mass is 16.5. The van der Waals surface area contributed by atoms with Crippen molar-refractivity contribution in [1.29, 1.82) is 0 Å². The normalized spacial score (nSPS) is 14.7. The smallest absolute Gasteiger partial charge is 0.181 e. The molecule has 6 nitrogen and oxygen atoms in total. The summed E-state index contributed by atoms with van der Waals surface area (Å²) in [5.74, 6) is 0.0452. The van der Waals surface area contributed by atoms with Gasteiger partial charge >= 0.3 is 0 Å². The molecule has 1 aliphatic rings. The number of fused-ring (bicyclic) bond motifs is 1. The highest BCUT2D eigenvalue weighted by Gasteiger charge is 2.37. The van der Waals surface area contributed by atoms with Gasteiger partial charge in [-0.05, 0) is 52.2 Å². The minimum Gasteiger partial charge on any atom is -0.508 e. The Morgan fingerprint density at radius 1 is 0.970 bits per heavy atom. The van der Waals surface area contributed by atoms with Crippen LogP contribution in [0.1, 0.15) is 60.7 Å². The Morgan fingerprint density at radius 2 is 1.58 bits per heavy atom. The molecule has 1 aliphatic heterocycles. The maximum atomic E-state index is 13.6. The monoisotopic (exact) mass is 452 g/mol. The van der Waals surface area contributed by atoms with Gasteiger partial charge in [0, 0.05) is 23.3 Å². The van der Waals surface area contributed by atoms with E-state index in [2.05, 4.69) is 6.08 Å². The molecule has 1 unspecified atom stereocenters. The molecular weight excluding hydrogens is 420 g/mol. The number of hydrogen-bond acceptors (Lipinski definition) is 6. The SMILES string of the molecule is COc1cc(O)c(C2COc3c(CC=C(C)C)c(OC)cc(O)c3C2=O)cc1CC=C(C)C. The Labute approximate surface area is 195 Å². The molecule has 6 heteroatoms. The van der Waals surface area contributed by atoms with Crippen LogP contribution in [0.5, 0.6) is 28.7 Å². The van der Waals surface area contributed by atoms with Crippen molar-refractivity contribution in [2.75, 3.05) is 20.8 Å². The third kappa shape index (κ3) is 5.00. The van der Waals surface area contributed by atoms with Gasteiger partial charge in [-0.25, -0.2) is 0 Å². The van der Waals surface area contributed by atoms with Crippen molar-refractivity contribution < 1.29 is 29.2 Å². The number of allylic oxidation sites excluding steroid dienone is 4. The molecule has 0 aromatic heterocycles. The number of hydrogen-bond donors (Lipinski definition) is 2. The first-order valence-corrected chi connectivity index (χ1v) is 10.9. The minimum absolute atomic E-state index is 0.0439. The van der Waals surface area contributed by atoms with Gasteiger partial charge in [0.2, 0.25) is 0 Å². The van der Waals surface area contributed by atoms with Crippen molar-refractivity contribution in [3.63, 3.8) is 0 Å². The molecule has 0 saturated heterocycles. The maximum Gasteiger partial charge on any atom is 0.181 e. The summed E-state index contributed by atoms with van der Waals surface area (Å²) in [6.07, 6.45) is 5.18. The molecule has 0 aliphatic carbocycles. The third-order valence-electron chi connectivity index (χ3n) is 5.75. The molecule has 0 radical (unpaired) electrons. The summed E-state index contributed by atoms with van der Waals surface area (Å²) in [4.78, 5) is 13.6. The summed E-state index contributed by atoms with van der Waals surface area (Å²) >= 11 is 0. The lowest BCUT2D eigenvalue weighted by Crippen LogP contribution is -2.27. The molecule has 1 heterocycles. The van der Waals surface area contributed by atoms with E-state index >= 15 is 0 Å². The van der Waals surface area contributed by atoms with Crippen LogP contribution in [0, 0.1) is 0 Å². The second-order valence-electron chi connectivity index (χ2n) is 8.70. The van der Waals surface area contributed by atoms with Gasteiger partial charge in [-0.15, -0.1) is 0 Å². The van der Waals surface area contributed by atoms with Crippen molar-refractivity contribution in [3.8, 4) is 28.7 Å². The van der Waals surface area contributed by atoms with E-state index in [0.29, 0.717) is 41.2 Å². The van der Waals surface area contributed by atoms with Crippen LogP contribution < -0.4 is 14.2 Å². The van der Waals surface area contributed by atoms with E-state index in [4.69, 9.17) is 14.2 Å². The largest absolute Gasteiger partial charge is 0.508 e. The lowest BCUT2D eigenvalue weighted by atomic mass is 9.85. The maximum absolute atomic E-state index is 13.6. The van der Waals surface area contributed by atoms with E-state index in [9.17, 15) is 15.0 Å². The van der Waals surface area contributed by atoms with Crippen molar-refractivity contribution in [2.45, 2.75) is 46.5 Å². The number of aromatic hydroxyl groups is 2. The Morgan fingerprint density at radius 3 is 2.18 bits per heavy atom. The van der Waals surface area contributed by atoms with E-state index in [1.165, 1.54) is 19.2 Å². The van der Waals surface area contributed by atoms with Crippen LogP contribution in [0.25, 0.3) is 0 Å². The first kappa shape index (κ1) is 24.2. The zero-order valence-corrected chi connectivity index (χ0v) is 20.1. The summed E-state index contributed by atoms with van der Waals surface area (Å²) < 4.78 is 16.9. The van der Waals surface area contributed by atoms with Crippen LogP contribution in [-0.4, -0.2) is 36.8 Å². The zero-order chi connectivity index (χ0) is 24.3. The number of ketones is 1. The summed E-state index contributed by atoms with van der Waals surface area (Å²) in [6, 6.07) is 4.76. The van der Waals surface area contributed by atoms with Gasteiger partial charge in [0.25, 0.3) is 0 Å². The predicted octanol–water partition coefficient (Wildman–Crippen LogP) is 5.49. The van der Waals surface area contributed by atoms with Crippen LogP contribution in [0.15, 0.2) is 41.5 Å². The Bertz CT molecular complexity index is 1120. The van der Waals surface area contributed by atoms with E-state index < -0.39 is 5.92 Å². The number of benzene rings is 2. The van der Waals surface area contributed by atoms with Crippen molar-refractivity contribution in [3.05, 3.63) is 63.8 Å². The van der Waals surface area contributed by atoms with Gasteiger partial charge in [-0.3, -0.25) is 4.79 Å². The van der Waals surface area contributed by atoms with E-state index in [1.54, 1.807) is 13.2 Å². The summed E-state index contributed by atoms with van der Waals surface area (Å²) in [5, 5.41) is 21.4. The fourth-order valence-electron chi connectivity index (χ4n) is 3.96. The molecule has 0 spiro atoms. The lowest BCUT2D eigenvalue weighted by Gasteiger charge is -2.28. The zero-order valence-electron chi connectivity index (χ0n) is 20.1. The van der Waals surface area contributed by atoms with Crippen LogP contribution in [0.2, 0.25) is 0 Å². The highest BCUT2D eigenvalue weighted by Crippen LogP contribution is 2.46. The van der Waals surface area contributed by atoms with E-state index in [-0.39, 0.29) is 29.5 Å². The van der Waals surface area contributed by atoms with E-state index in [0.717, 1.165) is 16.7 Å². The molecule has 2 aromatic carbocycles. The first-order valence-electron chi connectivity index (χ1n) is 10.9. The van der Waals surface area contributed by atoms with Gasteiger partial charge in [0.1, 0.15) is 40.9 Å². The summed E-state index contributed by atoms with van der Waals surface area (Å²) in [7, 11) is 3.06. The van der Waals surface area contributed by atoms with Gasteiger partial charge in [0.15, 0.2) is 5.78 Å². The first-order chi connectivity index (χ1) is 15.7. The van der Waals surface area contributed by atoms with E-state index in [1.807, 2.05) is 33.8 Å². The molecule has 3 rings (SSSR count). The molecule has 2 aromatic rings. The fourth-order valence-corrected chi connectivity index (χ4v) is 3.96. The summed E-state index contributed by atoms with van der Waals surface area (Å²) in [6.45, 7) is 8.03. The molecule has 0 amide bonds. The standard InChI is InChI=1S/C27H32O6/c1-15(2)7-9-17-11-19(21(28)12-23(17)31-5)20-14-33-27-18(10-8-16(3)4)24(32-6)13-22(29)25(27)26(20)30/h7-8,11-13,20,28-29H,9-10,14H2,1-6H3. The number of ether oxygens (including phenoxy) is 3. The topological polar surface area (TPSA) is 85.2 Å². The number of phenols is 2. The van der Waals surface area contributed by atoms with Gasteiger partial charge < -0.3 is 24.4 Å². The number of carbonyl (C=O) groups excluding carboxylic acids is 1. The number of Topliss-reactive ketones (excluding diaryl/α,β-unsaturated/α-hetero) is 1. The molecule has 0 fully saturated rings. The number of carbonyl (C=O) groups is 1. The van der Waals surface area contributed by atoms with Crippen LogP contribution in [0.3, 0.4) is 0 Å². The molecule has 0 bridgehead atoms. The molecule has 176 valence electrons. The van der Waals surface area contributed by atoms with Crippen LogP contribution in [0.4, 0.5) is 0 Å². The second-order valence-corrected chi connectivity index (χ2v) is 8.70. The van der Waals surface area contributed by atoms with Crippen molar-refractivity contribution in [2.24, 2.45) is 0 Å². The van der Waals surface area contributed by atoms with Crippen molar-refractivity contribution >= 4 is 5.78 Å². The Balaban J connectivity index is 2.09. The molecule has 33 heavy (non-hydrogen) atoms. The van der Waals surface area contributed by atoms with Crippen LogP contribution in [-0.2, 0) is 12.8 Å². The Hall–Kier alpha value is -3.41. The number of rotatable bonds is 7. The number of phenolic OH excluding ortho intramolecular Hbond substituents is 2. The van der Waals surface area contributed by atoms with Gasteiger partial charge in [-0.2, -0.15) is 0 Å². The van der Waals surface area contributed by atoms with Crippen LogP contribution >= 0.6 is 0 Å². The summed E-state index contributed by atoms with van der Waals surface area (Å²) in [5.41, 5.74) is 4.40. The lowest BCUT2D eigenvalue weighted by molar-refractivity contribution is 0.0888. The quantitative estimate of drug-likeness (QED) is 0.540. The molecular formula is C27H32O6. The average Bonchev–Trinajstić information content (AvgIpc) is 2.77. The van der Waals surface area contributed by atoms with Crippen molar-refractivity contribution in [1.82, 2.24) is 0 Å². The predicted molar refractivity (Wildman–Crippen MR) is 128 cm³/mol. The third-order valence-corrected chi connectivity index (χ3v) is 5.75. The average molecular weight is 453 g/mol. The highest BCUT2D eigenvalue weighted by molar-refractivity contribution is 6.07. The van der Waals surface area contributed by atoms with Gasteiger partial charge in [0.05, 0.1) is 20.1 Å². The minimum atomic E-state index is -0.760. The molecule has 0 saturated carbocycles.